The molecule has 3 aliphatic rings. The van der Waals surface area contributed by atoms with Crippen molar-refractivity contribution in [3.05, 3.63) is 117 Å². The van der Waals surface area contributed by atoms with E-state index in [2.05, 4.69) is 14.6 Å². The second kappa shape index (κ2) is 16.2. The molecule has 274 valence electrons. The van der Waals surface area contributed by atoms with Crippen molar-refractivity contribution >= 4 is 45.2 Å². The van der Waals surface area contributed by atoms with Crippen molar-refractivity contribution < 1.29 is 46.3 Å². The summed E-state index contributed by atoms with van der Waals surface area (Å²) in [6.45, 7) is 2.41. The molecule has 0 amide bonds. The Balaban J connectivity index is 1.22. The second-order valence-electron chi connectivity index (χ2n) is 12.6. The maximum atomic E-state index is 14.3. The van der Waals surface area contributed by atoms with Crippen LogP contribution >= 0.6 is 23.2 Å². The summed E-state index contributed by atoms with van der Waals surface area (Å²) in [5, 5.41) is 0.667. The number of piperidine rings is 3. The molecule has 0 saturated carbocycles. The number of sulfonamides is 1. The largest absolute Gasteiger partial charge is 0.493 e. The summed E-state index contributed by atoms with van der Waals surface area (Å²) in [5.74, 6) is -1.17. The van der Waals surface area contributed by atoms with Crippen molar-refractivity contribution in [2.24, 2.45) is 5.92 Å². The highest BCUT2D eigenvalue weighted by atomic mass is 35.5. The van der Waals surface area contributed by atoms with E-state index in [4.69, 9.17) is 42.1 Å². The minimum absolute atomic E-state index is 0.0476. The van der Waals surface area contributed by atoms with Crippen molar-refractivity contribution in [3.63, 3.8) is 0 Å². The molecule has 2 bridgehead atoms. The number of aromatic nitrogens is 1. The first-order valence-corrected chi connectivity index (χ1v) is 18.8. The molecule has 0 spiro atoms. The first kappa shape index (κ1) is 37.5. The van der Waals surface area contributed by atoms with Gasteiger partial charge in [-0.05, 0) is 91.5 Å². The van der Waals surface area contributed by atoms with Crippen LogP contribution in [0.2, 0.25) is 10.0 Å². The van der Waals surface area contributed by atoms with Crippen LogP contribution in [0.25, 0.3) is 0 Å². The highest BCUT2D eigenvalue weighted by Crippen LogP contribution is 2.36. The molecule has 3 aliphatic heterocycles. The quantitative estimate of drug-likeness (QED) is 0.168. The Morgan fingerprint density at radius 3 is 2.25 bits per heavy atom. The number of H-pyrrole nitrogens is 1. The van der Waals surface area contributed by atoms with Crippen LogP contribution in [0.1, 0.15) is 52.0 Å². The van der Waals surface area contributed by atoms with Gasteiger partial charge in [0.05, 0.1) is 24.7 Å². The number of nitrogens with one attached hydrogen (secondary N) is 2. The van der Waals surface area contributed by atoms with E-state index < -0.39 is 46.0 Å². The molecule has 4 aromatic rings. The van der Waals surface area contributed by atoms with E-state index in [0.717, 1.165) is 32.0 Å². The third-order valence-corrected chi connectivity index (χ3v) is 11.5. The zero-order chi connectivity index (χ0) is 37.0. The fourth-order valence-electron chi connectivity index (χ4n) is 6.53. The van der Waals surface area contributed by atoms with Gasteiger partial charge in [0.15, 0.2) is 23.9 Å². The van der Waals surface area contributed by atoms with Crippen LogP contribution in [0, 0.1) is 11.7 Å². The maximum absolute atomic E-state index is 14.3. The van der Waals surface area contributed by atoms with E-state index in [1.165, 1.54) is 56.7 Å². The molecule has 3 atom stereocenters. The number of aromatic amines is 1. The molecule has 0 aliphatic carbocycles. The van der Waals surface area contributed by atoms with Crippen molar-refractivity contribution in [2.75, 3.05) is 33.9 Å². The highest BCUT2D eigenvalue weighted by molar-refractivity contribution is 7.89. The lowest BCUT2D eigenvalue weighted by molar-refractivity contribution is -0.377. The van der Waals surface area contributed by atoms with Crippen LogP contribution in [0.4, 0.5) is 4.39 Å². The second-order valence-corrected chi connectivity index (χ2v) is 15.1. The van der Waals surface area contributed by atoms with Gasteiger partial charge in [-0.25, -0.2) is 27.4 Å². The number of fused-ring (bicyclic) bond motifs is 3. The standard InChI is InChI=1S/C37H36Cl2FN3O8S/c1-48-31-11-8-24(17-33(31)49-2)32(18-28-29(38)19-41-20-30(28)39)50-36(44)23-6-9-27(10-7-23)52(46,47)42-35(25-4-3-5-26(40)16-25)37(45)51-34-21-43-14-12-22(34)13-15-43/h3-11,16-17,19-20,22,32,34-35,42H,12-15,18,21H2,1-2H3/p+1/t32?,34-,35?/m0/s1. The first-order valence-electron chi connectivity index (χ1n) is 16.5. The van der Waals surface area contributed by atoms with Gasteiger partial charge in [0, 0.05) is 18.5 Å². The van der Waals surface area contributed by atoms with E-state index in [1.807, 2.05) is 0 Å². The Hall–Kier alpha value is -4.27. The average Bonchev–Trinajstić information content (AvgIpc) is 3.15. The number of hydrogen-bond donors (Lipinski definition) is 1. The zero-order valence-electron chi connectivity index (χ0n) is 28.3. The summed E-state index contributed by atoms with van der Waals surface area (Å²) in [5.41, 5.74) is 1.23. The topological polar surface area (TPSA) is 135 Å². The smallest absolute Gasteiger partial charge is 0.338 e. The molecule has 3 fully saturated rings. The molecule has 2 N–H and O–H groups in total. The number of benzene rings is 3. The van der Waals surface area contributed by atoms with Gasteiger partial charge < -0.3 is 18.9 Å². The lowest BCUT2D eigenvalue weighted by atomic mass is 9.86. The summed E-state index contributed by atoms with van der Waals surface area (Å²) >= 11 is 12.9. The Labute approximate surface area is 311 Å². The van der Waals surface area contributed by atoms with Gasteiger partial charge in [-0.3, -0.25) is 4.90 Å². The number of methoxy groups -OCH3 is 2. The summed E-state index contributed by atoms with van der Waals surface area (Å²) in [6, 6.07) is 13.7. The molecular weight excluding hydrogens is 736 g/mol. The number of halogens is 3. The SMILES string of the molecule is COc1ccc(C(Cc2c(Cl)c[nH+]cc2Cl)OC(=O)c2ccc(S(=O)(=O)NC(C(=O)O[C@H]3CN4CCC3CC4)c3cccc(F)c3)cc2)cc1OC. The summed E-state index contributed by atoms with van der Waals surface area (Å²) in [6.07, 6.45) is 3.68. The zero-order valence-corrected chi connectivity index (χ0v) is 30.6. The Morgan fingerprint density at radius 2 is 1.63 bits per heavy atom. The molecule has 2 unspecified atom stereocenters. The van der Waals surface area contributed by atoms with E-state index in [0.29, 0.717) is 39.2 Å². The molecule has 15 heteroatoms. The molecule has 3 aromatic carbocycles. The Kier molecular flexibility index (Phi) is 11.7. The van der Waals surface area contributed by atoms with Crippen molar-refractivity contribution in [2.45, 2.75) is 42.4 Å². The predicted octanol–water partition coefficient (Wildman–Crippen LogP) is 5.76. The van der Waals surface area contributed by atoms with Crippen molar-refractivity contribution in [1.82, 2.24) is 9.62 Å². The number of ether oxygens (including phenoxy) is 4. The van der Waals surface area contributed by atoms with E-state index in [9.17, 15) is 22.4 Å². The van der Waals surface area contributed by atoms with Crippen LogP contribution in [0.15, 0.2) is 84.0 Å². The van der Waals surface area contributed by atoms with Crippen molar-refractivity contribution in [3.8, 4) is 11.5 Å². The minimum Gasteiger partial charge on any atom is -0.493 e. The van der Waals surface area contributed by atoms with Gasteiger partial charge in [-0.1, -0.05) is 41.4 Å². The third kappa shape index (κ3) is 8.50. The Bertz CT molecular complexity index is 2020. The lowest BCUT2D eigenvalue weighted by Crippen LogP contribution is -2.52. The van der Waals surface area contributed by atoms with Crippen molar-refractivity contribution in [1.29, 1.82) is 0 Å². The van der Waals surface area contributed by atoms with Gasteiger partial charge in [-0.15, -0.1) is 0 Å². The van der Waals surface area contributed by atoms with Crippen LogP contribution in [0.5, 0.6) is 11.5 Å². The van der Waals surface area contributed by atoms with E-state index in [-0.39, 0.29) is 28.4 Å². The summed E-state index contributed by atoms with van der Waals surface area (Å²) < 4.78 is 66.6. The highest BCUT2D eigenvalue weighted by Gasteiger charge is 2.39. The number of esters is 2. The molecule has 7 rings (SSSR count). The molecule has 0 radical (unpaired) electrons. The summed E-state index contributed by atoms with van der Waals surface area (Å²) in [7, 11) is -1.40. The van der Waals surface area contributed by atoms with Crippen LogP contribution < -0.4 is 19.2 Å². The number of hydrogen-bond acceptors (Lipinski definition) is 9. The lowest BCUT2D eigenvalue weighted by Gasteiger charge is -2.44. The van der Waals surface area contributed by atoms with Crippen LogP contribution in [0.3, 0.4) is 0 Å². The molecule has 4 heterocycles. The van der Waals surface area contributed by atoms with Gasteiger partial charge in [0.1, 0.15) is 34.1 Å². The minimum atomic E-state index is -4.38. The monoisotopic (exact) mass is 772 g/mol. The number of rotatable bonds is 13. The predicted molar refractivity (Wildman–Crippen MR) is 189 cm³/mol. The van der Waals surface area contributed by atoms with E-state index in [1.54, 1.807) is 30.6 Å². The number of carbonyl (C=O) groups excluding carboxylic acids is 2. The number of carbonyl (C=O) groups is 2. The van der Waals surface area contributed by atoms with Gasteiger partial charge in [-0.2, -0.15) is 4.72 Å². The summed E-state index contributed by atoms with van der Waals surface area (Å²) in [4.78, 5) is 31.9. The molecule has 11 nitrogen and oxygen atoms in total. The molecule has 52 heavy (non-hydrogen) atoms. The van der Waals surface area contributed by atoms with Gasteiger partial charge in [0.2, 0.25) is 10.0 Å². The molecular formula is C37H37Cl2FN3O8S+. The van der Waals surface area contributed by atoms with Crippen LogP contribution in [-0.4, -0.2) is 65.2 Å². The average molecular weight is 774 g/mol. The van der Waals surface area contributed by atoms with E-state index >= 15 is 0 Å². The Morgan fingerprint density at radius 1 is 0.942 bits per heavy atom. The maximum Gasteiger partial charge on any atom is 0.338 e. The molecule has 3 saturated heterocycles. The van der Waals surface area contributed by atoms with Gasteiger partial charge >= 0.3 is 11.9 Å². The number of nitrogens with zero attached hydrogens (tertiary/aromatic N) is 1. The molecule has 1 aromatic heterocycles. The third-order valence-electron chi connectivity index (χ3n) is 9.37. The first-order chi connectivity index (χ1) is 24.9. The van der Waals surface area contributed by atoms with Crippen LogP contribution in [-0.2, 0) is 30.7 Å². The fourth-order valence-corrected chi connectivity index (χ4v) is 8.23. The normalized spacial score (nSPS) is 19.4. The fraction of sp³-hybridized carbons (Fsp3) is 0.324. The van der Waals surface area contributed by atoms with Gasteiger partial charge in [0.25, 0.3) is 0 Å². The number of pyridine rings is 1.